The fourth-order valence-electron chi connectivity index (χ4n) is 0.975. The second kappa shape index (κ2) is 3.06. The van der Waals surface area contributed by atoms with Crippen molar-refractivity contribution in [3.8, 4) is 17.1 Å². The third-order valence-electron chi connectivity index (χ3n) is 1.55. The van der Waals surface area contributed by atoms with Gasteiger partial charge in [0.05, 0.1) is 5.02 Å². The zero-order chi connectivity index (χ0) is 9.26. The van der Waals surface area contributed by atoms with Gasteiger partial charge in [-0.1, -0.05) is 16.8 Å². The van der Waals surface area contributed by atoms with Gasteiger partial charge in [-0.15, -0.1) is 0 Å². The highest BCUT2D eigenvalue weighted by atomic mass is 35.5. The minimum absolute atomic E-state index is 0.109. The molecule has 0 aliphatic heterocycles. The van der Waals surface area contributed by atoms with Crippen molar-refractivity contribution in [2.45, 2.75) is 0 Å². The van der Waals surface area contributed by atoms with Gasteiger partial charge in [-0.2, -0.15) is 4.98 Å². The summed E-state index contributed by atoms with van der Waals surface area (Å²) >= 11 is 5.84. The van der Waals surface area contributed by atoms with Crippen LogP contribution in [0, 0.1) is 0 Å². The molecule has 0 aliphatic carbocycles. The van der Waals surface area contributed by atoms with E-state index in [-0.39, 0.29) is 5.75 Å². The quantitative estimate of drug-likeness (QED) is 0.759. The van der Waals surface area contributed by atoms with Crippen LogP contribution in [0.1, 0.15) is 0 Å². The molecule has 1 heterocycles. The highest BCUT2D eigenvalue weighted by Crippen LogP contribution is 2.28. The molecule has 0 spiro atoms. The number of phenols is 1. The van der Waals surface area contributed by atoms with Crippen LogP contribution < -0.4 is 0 Å². The fourth-order valence-corrected chi connectivity index (χ4v) is 1.23. The Kier molecular flexibility index (Phi) is 1.90. The lowest BCUT2D eigenvalue weighted by Crippen LogP contribution is -1.81. The number of phenolic OH excluding ortho intramolecular Hbond substituents is 1. The fraction of sp³-hybridized carbons (Fsp3) is 0. The average molecular weight is 197 g/mol. The molecule has 1 aromatic heterocycles. The van der Waals surface area contributed by atoms with Crippen LogP contribution in [0.4, 0.5) is 0 Å². The van der Waals surface area contributed by atoms with Crippen molar-refractivity contribution in [2.75, 3.05) is 0 Å². The first-order valence-electron chi connectivity index (χ1n) is 3.52. The molecule has 0 amide bonds. The van der Waals surface area contributed by atoms with E-state index in [1.807, 2.05) is 0 Å². The Balaban J connectivity index is 2.53. The Labute approximate surface area is 78.8 Å². The molecular formula is C8H5ClN2O2. The summed E-state index contributed by atoms with van der Waals surface area (Å²) in [7, 11) is 0. The Morgan fingerprint density at radius 2 is 2.23 bits per heavy atom. The minimum atomic E-state index is 0.109. The summed E-state index contributed by atoms with van der Waals surface area (Å²) in [6, 6.07) is 4.56. The maximum atomic E-state index is 9.09. The SMILES string of the molecule is Oc1ccc(-c2ncon2)c(Cl)c1. The number of halogens is 1. The van der Waals surface area contributed by atoms with E-state index in [2.05, 4.69) is 14.7 Å². The number of hydrogen-bond acceptors (Lipinski definition) is 4. The molecule has 13 heavy (non-hydrogen) atoms. The van der Waals surface area contributed by atoms with Crippen molar-refractivity contribution in [2.24, 2.45) is 0 Å². The van der Waals surface area contributed by atoms with Crippen LogP contribution in [0.15, 0.2) is 29.1 Å². The lowest BCUT2D eigenvalue weighted by atomic mass is 10.2. The van der Waals surface area contributed by atoms with Gasteiger partial charge in [0.15, 0.2) is 0 Å². The Morgan fingerprint density at radius 1 is 1.38 bits per heavy atom. The van der Waals surface area contributed by atoms with E-state index in [4.69, 9.17) is 16.7 Å². The molecule has 5 heteroatoms. The number of hydrogen-bond donors (Lipinski definition) is 1. The van der Waals surface area contributed by atoms with E-state index in [1.54, 1.807) is 6.07 Å². The predicted octanol–water partition coefficient (Wildman–Crippen LogP) is 2.10. The standard InChI is InChI=1S/C8H5ClN2O2/c9-7-3-5(12)1-2-6(7)8-10-4-13-11-8/h1-4,12H. The first-order chi connectivity index (χ1) is 6.27. The molecule has 1 aromatic carbocycles. The topological polar surface area (TPSA) is 59.2 Å². The van der Waals surface area contributed by atoms with Crippen LogP contribution in [0.25, 0.3) is 11.4 Å². The van der Waals surface area contributed by atoms with Crippen LogP contribution in [0.2, 0.25) is 5.02 Å². The van der Waals surface area contributed by atoms with E-state index in [1.165, 1.54) is 18.5 Å². The second-order valence-corrected chi connectivity index (χ2v) is 2.83. The van der Waals surface area contributed by atoms with Crippen molar-refractivity contribution >= 4 is 11.6 Å². The molecule has 66 valence electrons. The number of rotatable bonds is 1. The number of nitrogens with zero attached hydrogens (tertiary/aromatic N) is 2. The van der Waals surface area contributed by atoms with E-state index >= 15 is 0 Å². The Morgan fingerprint density at radius 3 is 2.85 bits per heavy atom. The van der Waals surface area contributed by atoms with E-state index in [0.717, 1.165) is 0 Å². The summed E-state index contributed by atoms with van der Waals surface area (Å²) in [5.74, 6) is 0.516. The average Bonchev–Trinajstić information content (AvgIpc) is 2.56. The van der Waals surface area contributed by atoms with Crippen molar-refractivity contribution < 1.29 is 9.63 Å². The summed E-state index contributed by atoms with van der Waals surface area (Å²) in [6.07, 6.45) is 1.22. The molecule has 1 N–H and O–H groups in total. The van der Waals surface area contributed by atoms with Crippen LogP contribution in [0.3, 0.4) is 0 Å². The van der Waals surface area contributed by atoms with Crippen molar-refractivity contribution in [1.82, 2.24) is 10.1 Å². The third-order valence-corrected chi connectivity index (χ3v) is 1.87. The second-order valence-electron chi connectivity index (χ2n) is 2.42. The highest BCUT2D eigenvalue weighted by molar-refractivity contribution is 6.33. The molecule has 0 radical (unpaired) electrons. The maximum Gasteiger partial charge on any atom is 0.214 e. The van der Waals surface area contributed by atoms with Crippen LogP contribution in [-0.2, 0) is 0 Å². The van der Waals surface area contributed by atoms with Crippen molar-refractivity contribution in [1.29, 1.82) is 0 Å². The predicted molar refractivity (Wildman–Crippen MR) is 46.4 cm³/mol. The van der Waals surface area contributed by atoms with Crippen LogP contribution >= 0.6 is 11.6 Å². The molecule has 0 fully saturated rings. The molecule has 0 bridgehead atoms. The minimum Gasteiger partial charge on any atom is -0.508 e. The van der Waals surface area contributed by atoms with Gasteiger partial charge < -0.3 is 9.63 Å². The van der Waals surface area contributed by atoms with Gasteiger partial charge in [0, 0.05) is 5.56 Å². The molecule has 0 atom stereocenters. The zero-order valence-corrected chi connectivity index (χ0v) is 7.19. The summed E-state index contributed by atoms with van der Waals surface area (Å²) in [5, 5.41) is 13.1. The van der Waals surface area contributed by atoms with Gasteiger partial charge in [-0.05, 0) is 18.2 Å². The summed E-state index contributed by atoms with van der Waals surface area (Å²) in [5.41, 5.74) is 0.633. The molecule has 2 aromatic rings. The summed E-state index contributed by atoms with van der Waals surface area (Å²) < 4.78 is 4.57. The summed E-state index contributed by atoms with van der Waals surface area (Å²) in [4.78, 5) is 3.83. The number of aromatic nitrogens is 2. The normalized spacial score (nSPS) is 10.2. The van der Waals surface area contributed by atoms with Gasteiger partial charge in [0.25, 0.3) is 0 Å². The monoisotopic (exact) mass is 196 g/mol. The lowest BCUT2D eigenvalue weighted by Gasteiger charge is -1.98. The number of benzene rings is 1. The van der Waals surface area contributed by atoms with Gasteiger partial charge >= 0.3 is 0 Å². The van der Waals surface area contributed by atoms with Gasteiger partial charge in [0.1, 0.15) is 5.75 Å². The van der Waals surface area contributed by atoms with Gasteiger partial charge in [0.2, 0.25) is 12.2 Å². The third kappa shape index (κ3) is 1.48. The van der Waals surface area contributed by atoms with Crippen LogP contribution in [-0.4, -0.2) is 15.2 Å². The first kappa shape index (κ1) is 8.07. The van der Waals surface area contributed by atoms with E-state index < -0.39 is 0 Å². The summed E-state index contributed by atoms with van der Waals surface area (Å²) in [6.45, 7) is 0. The van der Waals surface area contributed by atoms with Crippen molar-refractivity contribution in [3.63, 3.8) is 0 Å². The smallest absolute Gasteiger partial charge is 0.214 e. The number of aromatic hydroxyl groups is 1. The Bertz CT molecular complexity index is 414. The van der Waals surface area contributed by atoms with E-state index in [9.17, 15) is 0 Å². The lowest BCUT2D eigenvalue weighted by molar-refractivity contribution is 0.418. The van der Waals surface area contributed by atoms with Crippen molar-refractivity contribution in [3.05, 3.63) is 29.6 Å². The molecule has 2 rings (SSSR count). The largest absolute Gasteiger partial charge is 0.508 e. The molecule has 0 aliphatic rings. The van der Waals surface area contributed by atoms with Crippen LogP contribution in [0.5, 0.6) is 5.75 Å². The molecule has 0 saturated carbocycles. The molecule has 4 nitrogen and oxygen atoms in total. The first-order valence-corrected chi connectivity index (χ1v) is 3.90. The Hall–Kier alpha value is -1.55. The molecule has 0 unspecified atom stereocenters. The highest BCUT2D eigenvalue weighted by Gasteiger charge is 2.07. The molecular weight excluding hydrogens is 192 g/mol. The van der Waals surface area contributed by atoms with E-state index in [0.29, 0.717) is 16.4 Å². The molecule has 0 saturated heterocycles. The zero-order valence-electron chi connectivity index (χ0n) is 6.44. The maximum absolute atomic E-state index is 9.09. The van der Waals surface area contributed by atoms with Gasteiger partial charge in [-0.3, -0.25) is 0 Å². The van der Waals surface area contributed by atoms with Gasteiger partial charge in [-0.25, -0.2) is 0 Å².